The van der Waals surface area contributed by atoms with Crippen molar-refractivity contribution in [3.05, 3.63) is 11.1 Å². The molecule has 7 nitrogen and oxygen atoms in total. The maximum Gasteiger partial charge on any atom is 0.306 e. The Morgan fingerprint density at radius 2 is 1.62 bits per heavy atom. The highest BCUT2D eigenvalue weighted by molar-refractivity contribution is 6.01. The van der Waals surface area contributed by atoms with Gasteiger partial charge in [0.1, 0.15) is 11.6 Å². The molecule has 2 fully saturated rings. The van der Waals surface area contributed by atoms with Crippen molar-refractivity contribution in [3.8, 4) is 0 Å². The Morgan fingerprint density at radius 1 is 1.00 bits per heavy atom. The highest BCUT2D eigenvalue weighted by atomic mass is 16.4. The second-order valence-corrected chi connectivity index (χ2v) is 13.9. The van der Waals surface area contributed by atoms with Gasteiger partial charge in [-0.2, -0.15) is 0 Å². The molecule has 0 unspecified atom stereocenters. The van der Waals surface area contributed by atoms with Crippen LogP contribution in [-0.4, -0.2) is 50.8 Å². The largest absolute Gasteiger partial charge is 0.481 e. The van der Waals surface area contributed by atoms with E-state index in [1.165, 1.54) is 6.92 Å². The smallest absolute Gasteiger partial charge is 0.306 e. The van der Waals surface area contributed by atoms with Gasteiger partial charge in [-0.15, -0.1) is 0 Å². The maximum absolute atomic E-state index is 14.1. The highest BCUT2D eigenvalue weighted by Gasteiger charge is 2.70. The van der Waals surface area contributed by atoms with Crippen molar-refractivity contribution in [1.29, 1.82) is 0 Å². The van der Waals surface area contributed by atoms with Gasteiger partial charge in [-0.1, -0.05) is 48.5 Å². The Balaban J connectivity index is 1.74. The van der Waals surface area contributed by atoms with Crippen LogP contribution >= 0.6 is 0 Å². The maximum atomic E-state index is 14.1. The Labute approximate surface area is 220 Å². The predicted molar refractivity (Wildman–Crippen MR) is 137 cm³/mol. The molecule has 0 heterocycles. The molecule has 0 bridgehead atoms. The molecular formula is C30H44O7. The molecule has 0 aromatic carbocycles. The minimum absolute atomic E-state index is 0.0106. The van der Waals surface area contributed by atoms with Crippen LogP contribution in [0.2, 0.25) is 0 Å². The zero-order valence-corrected chi connectivity index (χ0v) is 23.4. The van der Waals surface area contributed by atoms with Crippen molar-refractivity contribution >= 4 is 23.3 Å². The van der Waals surface area contributed by atoms with Crippen LogP contribution in [0.15, 0.2) is 11.1 Å². The average molecular weight is 517 g/mol. The summed E-state index contributed by atoms with van der Waals surface area (Å²) >= 11 is 0. The summed E-state index contributed by atoms with van der Waals surface area (Å²) in [6, 6.07) is 0. The zero-order chi connectivity index (χ0) is 27.9. The first kappa shape index (κ1) is 28.2. The first-order chi connectivity index (χ1) is 16.9. The van der Waals surface area contributed by atoms with Crippen molar-refractivity contribution in [2.24, 2.45) is 45.3 Å². The average Bonchev–Trinajstić information content (AvgIpc) is 2.99. The molecule has 0 aromatic heterocycles. The number of fused-ring (bicyclic) bond motifs is 4. The summed E-state index contributed by atoms with van der Waals surface area (Å²) in [6.07, 6.45) is 0.421. The minimum Gasteiger partial charge on any atom is -0.481 e. The SMILES string of the molecule is C[C@H](CC(=O)C[C@H](C)[C@@H]1C[C@H](O)[C@]2(C)C3=C(C(=O)C[C@]12C)[C@]1(C)CCC(=O)C(C)(C)[C@H]1C[C@@H]3O)C(=O)O. The molecule has 9 atom stereocenters. The predicted octanol–water partition coefficient (Wildman–Crippen LogP) is 4.13. The monoisotopic (exact) mass is 516 g/mol. The molecule has 0 amide bonds. The Morgan fingerprint density at radius 3 is 2.22 bits per heavy atom. The number of Topliss-reactive ketones (excluding diaryl/α,β-unsaturated/α-hetero) is 3. The summed E-state index contributed by atoms with van der Waals surface area (Å²) in [5.74, 6) is -2.17. The van der Waals surface area contributed by atoms with E-state index in [0.29, 0.717) is 36.8 Å². The third-order valence-electron chi connectivity index (χ3n) is 11.6. The van der Waals surface area contributed by atoms with E-state index in [1.54, 1.807) is 0 Å². The number of aliphatic hydroxyl groups is 2. The molecule has 0 aromatic rings. The fraction of sp³-hybridized carbons (Fsp3) is 0.800. The fourth-order valence-electron chi connectivity index (χ4n) is 9.20. The molecule has 0 spiro atoms. The summed E-state index contributed by atoms with van der Waals surface area (Å²) in [7, 11) is 0. The summed E-state index contributed by atoms with van der Waals surface area (Å²) < 4.78 is 0. The number of allylic oxidation sites excluding steroid dienone is 1. The zero-order valence-electron chi connectivity index (χ0n) is 23.4. The molecule has 2 saturated carbocycles. The van der Waals surface area contributed by atoms with Crippen molar-refractivity contribution in [1.82, 2.24) is 0 Å². The normalized spacial score (nSPS) is 42.5. The Bertz CT molecular complexity index is 1070. The van der Waals surface area contributed by atoms with Crippen LogP contribution in [0.25, 0.3) is 0 Å². The van der Waals surface area contributed by atoms with Gasteiger partial charge in [-0.25, -0.2) is 0 Å². The minimum atomic E-state index is -1.00. The molecule has 7 heteroatoms. The molecule has 0 saturated heterocycles. The van der Waals surface area contributed by atoms with Crippen LogP contribution in [-0.2, 0) is 19.2 Å². The van der Waals surface area contributed by atoms with Gasteiger partial charge in [-0.3, -0.25) is 19.2 Å². The van der Waals surface area contributed by atoms with Crippen molar-refractivity contribution in [3.63, 3.8) is 0 Å². The summed E-state index contributed by atoms with van der Waals surface area (Å²) in [4.78, 5) is 50.8. The van der Waals surface area contributed by atoms with Gasteiger partial charge in [0.25, 0.3) is 0 Å². The highest BCUT2D eigenvalue weighted by Crippen LogP contribution is 2.71. The van der Waals surface area contributed by atoms with Crippen LogP contribution in [0.5, 0.6) is 0 Å². The van der Waals surface area contributed by atoms with Crippen LogP contribution in [0.3, 0.4) is 0 Å². The van der Waals surface area contributed by atoms with E-state index < -0.39 is 45.8 Å². The number of aliphatic carboxylic acids is 1. The molecular weight excluding hydrogens is 472 g/mol. The van der Waals surface area contributed by atoms with Gasteiger partial charge in [0, 0.05) is 47.5 Å². The van der Waals surface area contributed by atoms with Crippen LogP contribution < -0.4 is 0 Å². The van der Waals surface area contributed by atoms with Gasteiger partial charge in [0.15, 0.2) is 5.78 Å². The Kier molecular flexibility index (Phi) is 6.72. The van der Waals surface area contributed by atoms with E-state index >= 15 is 0 Å². The molecule has 37 heavy (non-hydrogen) atoms. The van der Waals surface area contributed by atoms with Gasteiger partial charge >= 0.3 is 5.97 Å². The third kappa shape index (κ3) is 3.82. The van der Waals surface area contributed by atoms with Crippen LogP contribution in [0, 0.1) is 45.3 Å². The van der Waals surface area contributed by atoms with E-state index in [9.17, 15) is 34.5 Å². The summed E-state index contributed by atoms with van der Waals surface area (Å²) in [6.45, 7) is 13.4. The second-order valence-electron chi connectivity index (χ2n) is 13.9. The van der Waals surface area contributed by atoms with E-state index in [0.717, 1.165) is 0 Å². The van der Waals surface area contributed by atoms with E-state index in [-0.39, 0.29) is 54.4 Å². The lowest BCUT2D eigenvalue weighted by molar-refractivity contribution is -0.146. The topological polar surface area (TPSA) is 129 Å². The first-order valence-corrected chi connectivity index (χ1v) is 13.8. The fourth-order valence-corrected chi connectivity index (χ4v) is 9.20. The molecule has 206 valence electrons. The quantitative estimate of drug-likeness (QED) is 0.484. The van der Waals surface area contributed by atoms with E-state index in [1.807, 2.05) is 34.6 Å². The number of carbonyl (C=O) groups is 4. The number of hydrogen-bond acceptors (Lipinski definition) is 6. The molecule has 0 radical (unpaired) electrons. The number of carboxylic acid groups (broad SMARTS) is 1. The molecule has 0 aliphatic heterocycles. The van der Waals surface area contributed by atoms with Gasteiger partial charge in [0.05, 0.1) is 18.1 Å². The summed E-state index contributed by atoms with van der Waals surface area (Å²) in [5.41, 5.74) is -1.40. The second kappa shape index (κ2) is 8.84. The summed E-state index contributed by atoms with van der Waals surface area (Å²) in [5, 5.41) is 32.4. The molecule has 4 aliphatic rings. The number of carboxylic acids is 1. The van der Waals surface area contributed by atoms with Crippen LogP contribution in [0.4, 0.5) is 0 Å². The lowest BCUT2D eigenvalue weighted by Gasteiger charge is -2.61. The number of aliphatic hydroxyl groups excluding tert-OH is 2. The third-order valence-corrected chi connectivity index (χ3v) is 11.6. The van der Waals surface area contributed by atoms with Crippen molar-refractivity contribution in [2.75, 3.05) is 0 Å². The lowest BCUT2D eigenvalue weighted by Crippen LogP contribution is -2.60. The standard InChI is InChI=1S/C30H44O7/c1-15(10-17(31)11-16(2)26(36)37)18-12-23(35)30(7)25-19(32)13-21-27(3,4)22(34)8-9-28(21,5)24(25)20(33)14-29(18,30)6/h15-16,18-19,21,23,32,35H,8-14H2,1-7H3,(H,36,37)/t15-,16+,18-,19-,21+,23-,28+,29+,30+/m0/s1. The Hall–Kier alpha value is -1.86. The molecule has 3 N–H and O–H groups in total. The number of ketones is 3. The number of hydrogen-bond donors (Lipinski definition) is 3. The van der Waals surface area contributed by atoms with E-state index in [4.69, 9.17) is 0 Å². The van der Waals surface area contributed by atoms with Crippen molar-refractivity contribution < 1.29 is 34.5 Å². The van der Waals surface area contributed by atoms with Gasteiger partial charge in [-0.05, 0) is 48.0 Å². The lowest BCUT2D eigenvalue weighted by atomic mass is 9.42. The molecule has 4 rings (SSSR count). The van der Waals surface area contributed by atoms with Gasteiger partial charge < -0.3 is 15.3 Å². The number of carbonyl (C=O) groups excluding carboxylic acids is 3. The molecule has 4 aliphatic carbocycles. The number of rotatable bonds is 6. The van der Waals surface area contributed by atoms with Crippen LogP contribution in [0.1, 0.15) is 93.4 Å². The van der Waals surface area contributed by atoms with Crippen molar-refractivity contribution in [2.45, 2.75) is 106 Å². The van der Waals surface area contributed by atoms with Gasteiger partial charge in [0.2, 0.25) is 0 Å². The van der Waals surface area contributed by atoms with E-state index in [2.05, 4.69) is 6.92 Å². The first-order valence-electron chi connectivity index (χ1n) is 13.8.